The number of carbonyl (C=O) groups is 1. The number of hydrogen-bond acceptors (Lipinski definition) is 5. The van der Waals surface area contributed by atoms with Gasteiger partial charge >= 0.3 is 5.97 Å². The lowest BCUT2D eigenvalue weighted by molar-refractivity contribution is -0.383. The Kier molecular flexibility index (Phi) is 3.63. The topological polar surface area (TPSA) is 93.3 Å². The Labute approximate surface area is 119 Å². The molecule has 1 heterocycles. The number of nitro groups is 1. The van der Waals surface area contributed by atoms with Gasteiger partial charge in [-0.05, 0) is 32.0 Å². The van der Waals surface area contributed by atoms with Crippen LogP contribution in [0.5, 0.6) is 0 Å². The van der Waals surface area contributed by atoms with Crippen LogP contribution in [-0.4, -0.2) is 25.7 Å². The highest BCUT2D eigenvalue weighted by molar-refractivity contribution is 8.01. The number of nitro benzene ring substituents is 1. The quantitative estimate of drug-likeness (QED) is 0.528. The van der Waals surface area contributed by atoms with Gasteiger partial charge in [-0.3, -0.25) is 19.9 Å². The van der Waals surface area contributed by atoms with E-state index in [-0.39, 0.29) is 5.69 Å². The molecular formula is C13H12N2O4S. The molecule has 1 aromatic heterocycles. The van der Waals surface area contributed by atoms with Crippen LogP contribution in [-0.2, 0) is 4.79 Å². The monoisotopic (exact) mass is 292 g/mol. The molecule has 0 bridgehead atoms. The van der Waals surface area contributed by atoms with Crippen molar-refractivity contribution in [2.45, 2.75) is 23.5 Å². The fourth-order valence-electron chi connectivity index (χ4n) is 1.69. The highest BCUT2D eigenvalue weighted by Crippen LogP contribution is 2.38. The molecule has 0 saturated carbocycles. The lowest BCUT2D eigenvalue weighted by Crippen LogP contribution is -2.26. The fraction of sp³-hybridized carbons (Fsp3) is 0.231. The summed E-state index contributed by atoms with van der Waals surface area (Å²) in [4.78, 5) is 26.5. The molecule has 20 heavy (non-hydrogen) atoms. The Morgan fingerprint density at radius 3 is 2.70 bits per heavy atom. The summed E-state index contributed by atoms with van der Waals surface area (Å²) in [5.41, 5.74) is 0.409. The summed E-state index contributed by atoms with van der Waals surface area (Å²) in [6.45, 7) is 3.16. The van der Waals surface area contributed by atoms with Crippen molar-refractivity contribution in [3.63, 3.8) is 0 Å². The lowest BCUT2D eigenvalue weighted by Gasteiger charge is -2.19. The number of carboxylic acids is 1. The third kappa shape index (κ3) is 2.57. The van der Waals surface area contributed by atoms with Crippen molar-refractivity contribution in [3.8, 4) is 0 Å². The van der Waals surface area contributed by atoms with E-state index in [2.05, 4.69) is 4.98 Å². The number of aliphatic carboxylic acids is 1. The number of benzene rings is 1. The molecule has 0 aliphatic carbocycles. The van der Waals surface area contributed by atoms with Crippen molar-refractivity contribution in [2.75, 3.05) is 0 Å². The summed E-state index contributed by atoms with van der Waals surface area (Å²) < 4.78 is -1.04. The van der Waals surface area contributed by atoms with Gasteiger partial charge in [-0.15, -0.1) is 11.8 Å². The van der Waals surface area contributed by atoms with Gasteiger partial charge in [0.1, 0.15) is 4.75 Å². The average molecular weight is 292 g/mol. The molecule has 104 valence electrons. The molecule has 0 aliphatic heterocycles. The second kappa shape index (κ2) is 5.09. The zero-order chi connectivity index (χ0) is 14.9. The first-order valence-corrected chi connectivity index (χ1v) is 6.59. The van der Waals surface area contributed by atoms with E-state index >= 15 is 0 Å². The molecule has 7 heteroatoms. The number of aromatic nitrogens is 1. The number of carboxylic acid groups (broad SMARTS) is 1. The van der Waals surface area contributed by atoms with E-state index in [1.165, 1.54) is 12.3 Å². The maximum Gasteiger partial charge on any atom is 0.319 e. The highest BCUT2D eigenvalue weighted by atomic mass is 32.2. The number of hydrogen-bond donors (Lipinski definition) is 1. The number of fused-ring (bicyclic) bond motifs is 1. The summed E-state index contributed by atoms with van der Waals surface area (Å²) in [5.74, 6) is -0.954. The number of nitrogens with zero attached hydrogens (tertiary/aromatic N) is 2. The molecule has 0 atom stereocenters. The van der Waals surface area contributed by atoms with E-state index in [4.69, 9.17) is 5.11 Å². The molecule has 0 radical (unpaired) electrons. The van der Waals surface area contributed by atoms with Crippen molar-refractivity contribution in [2.24, 2.45) is 0 Å². The van der Waals surface area contributed by atoms with Crippen LogP contribution in [0.25, 0.3) is 10.9 Å². The first kappa shape index (κ1) is 14.3. The number of non-ortho nitro benzene ring substituents is 1. The molecule has 0 fully saturated rings. The van der Waals surface area contributed by atoms with Gasteiger partial charge in [0, 0.05) is 17.2 Å². The minimum Gasteiger partial charge on any atom is -0.480 e. The summed E-state index contributed by atoms with van der Waals surface area (Å²) >= 11 is 1.12. The zero-order valence-electron chi connectivity index (χ0n) is 10.9. The van der Waals surface area contributed by atoms with Crippen molar-refractivity contribution >= 4 is 34.3 Å². The summed E-state index contributed by atoms with van der Waals surface area (Å²) in [6, 6.07) is 6.15. The molecule has 1 N–H and O–H groups in total. The van der Waals surface area contributed by atoms with E-state index < -0.39 is 15.6 Å². The van der Waals surface area contributed by atoms with E-state index in [1.807, 2.05) is 0 Å². The average Bonchev–Trinajstić information content (AvgIpc) is 2.38. The Morgan fingerprint density at radius 2 is 2.10 bits per heavy atom. The third-order valence-corrected chi connectivity index (χ3v) is 4.02. The van der Waals surface area contributed by atoms with Gasteiger partial charge in [-0.1, -0.05) is 0 Å². The van der Waals surface area contributed by atoms with Crippen LogP contribution in [0.15, 0.2) is 35.4 Å². The molecule has 0 amide bonds. The molecule has 0 spiro atoms. The predicted octanol–water partition coefficient (Wildman–Crippen LogP) is 3.10. The minimum atomic E-state index is -1.04. The standard InChI is InChI=1S/C13H12N2O4S/c1-13(2,12(16)17)20-10-6-5-9(15(18)19)8-4-3-7-14-11(8)10/h3-7H,1-2H3,(H,16,17). The van der Waals surface area contributed by atoms with Crippen molar-refractivity contribution < 1.29 is 14.8 Å². The second-order valence-corrected chi connectivity index (χ2v) is 6.32. The van der Waals surface area contributed by atoms with Crippen LogP contribution >= 0.6 is 11.8 Å². The maximum absolute atomic E-state index is 11.2. The minimum absolute atomic E-state index is 0.0365. The van der Waals surface area contributed by atoms with Crippen molar-refractivity contribution in [1.29, 1.82) is 0 Å². The van der Waals surface area contributed by atoms with Gasteiger partial charge in [0.2, 0.25) is 0 Å². The number of thioether (sulfide) groups is 1. The first-order chi connectivity index (χ1) is 9.33. The van der Waals surface area contributed by atoms with E-state index in [0.29, 0.717) is 15.8 Å². The Hall–Kier alpha value is -2.15. The Balaban J connectivity index is 2.60. The van der Waals surface area contributed by atoms with E-state index in [9.17, 15) is 14.9 Å². The fourth-order valence-corrected chi connectivity index (χ4v) is 2.72. The Bertz CT molecular complexity index is 700. The van der Waals surface area contributed by atoms with Crippen LogP contribution in [0, 0.1) is 10.1 Å². The number of pyridine rings is 1. The molecule has 0 saturated heterocycles. The number of rotatable bonds is 4. The molecule has 0 unspecified atom stereocenters. The van der Waals surface area contributed by atoms with Crippen molar-refractivity contribution in [1.82, 2.24) is 4.98 Å². The molecule has 2 rings (SSSR count). The normalized spacial score (nSPS) is 11.5. The van der Waals surface area contributed by atoms with Gasteiger partial charge in [0.15, 0.2) is 0 Å². The maximum atomic E-state index is 11.2. The zero-order valence-corrected chi connectivity index (χ0v) is 11.7. The largest absolute Gasteiger partial charge is 0.480 e. The van der Waals surface area contributed by atoms with Gasteiger partial charge in [0.05, 0.1) is 15.8 Å². The molecule has 0 aliphatic rings. The van der Waals surface area contributed by atoms with Crippen LogP contribution in [0.3, 0.4) is 0 Å². The molecule has 1 aromatic carbocycles. The van der Waals surface area contributed by atoms with E-state index in [0.717, 1.165) is 11.8 Å². The van der Waals surface area contributed by atoms with Gasteiger partial charge in [-0.25, -0.2) is 0 Å². The first-order valence-electron chi connectivity index (χ1n) is 5.77. The SMILES string of the molecule is CC(C)(Sc1ccc([N+](=O)[O-])c2cccnc12)C(=O)O. The summed E-state index contributed by atoms with van der Waals surface area (Å²) in [7, 11) is 0. The molecule has 6 nitrogen and oxygen atoms in total. The van der Waals surface area contributed by atoms with Gasteiger partial charge in [0.25, 0.3) is 5.69 Å². The lowest BCUT2D eigenvalue weighted by atomic mass is 10.2. The van der Waals surface area contributed by atoms with Gasteiger partial charge in [-0.2, -0.15) is 0 Å². The second-order valence-electron chi connectivity index (χ2n) is 4.66. The molecule has 2 aromatic rings. The summed E-state index contributed by atoms with van der Waals surface area (Å²) in [5, 5.41) is 20.6. The third-order valence-electron chi connectivity index (χ3n) is 2.79. The van der Waals surface area contributed by atoms with E-state index in [1.54, 1.807) is 32.0 Å². The van der Waals surface area contributed by atoms with Crippen LogP contribution < -0.4 is 0 Å². The van der Waals surface area contributed by atoms with Gasteiger partial charge < -0.3 is 5.11 Å². The smallest absolute Gasteiger partial charge is 0.319 e. The van der Waals surface area contributed by atoms with Crippen LogP contribution in [0.1, 0.15) is 13.8 Å². The van der Waals surface area contributed by atoms with Crippen LogP contribution in [0.2, 0.25) is 0 Å². The van der Waals surface area contributed by atoms with Crippen molar-refractivity contribution in [3.05, 3.63) is 40.6 Å². The molecular weight excluding hydrogens is 280 g/mol. The highest BCUT2D eigenvalue weighted by Gasteiger charge is 2.30. The predicted molar refractivity (Wildman–Crippen MR) is 76.0 cm³/mol. The summed E-state index contributed by atoms with van der Waals surface area (Å²) in [6.07, 6.45) is 1.53. The Morgan fingerprint density at radius 1 is 1.40 bits per heavy atom. The van der Waals surface area contributed by atoms with Crippen LogP contribution in [0.4, 0.5) is 5.69 Å².